The van der Waals surface area contributed by atoms with Crippen molar-refractivity contribution in [1.82, 2.24) is 5.32 Å². The van der Waals surface area contributed by atoms with E-state index in [0.29, 0.717) is 26.4 Å². The van der Waals surface area contributed by atoms with Crippen LogP contribution in [0.5, 0.6) is 0 Å². The molecule has 0 fully saturated rings. The van der Waals surface area contributed by atoms with Crippen molar-refractivity contribution < 1.29 is 18.7 Å². The molecule has 0 heterocycles. The van der Waals surface area contributed by atoms with E-state index in [9.17, 15) is 9.18 Å². The standard InChI is InChI=1S/C13H18FNO3/c1-10-3-4-11(12(14)9-10)13(16)15-5-6-18-8-7-17-2/h3-4,9H,5-8H2,1-2H3,(H,15,16). The number of aryl methyl sites for hydroxylation is 1. The highest BCUT2D eigenvalue weighted by Crippen LogP contribution is 2.09. The molecule has 0 aliphatic heterocycles. The highest BCUT2D eigenvalue weighted by Gasteiger charge is 2.10. The van der Waals surface area contributed by atoms with E-state index in [1.807, 2.05) is 0 Å². The van der Waals surface area contributed by atoms with Gasteiger partial charge < -0.3 is 14.8 Å². The predicted octanol–water partition coefficient (Wildman–Crippen LogP) is 1.53. The van der Waals surface area contributed by atoms with Gasteiger partial charge in [0.05, 0.1) is 25.4 Å². The molecule has 0 radical (unpaired) electrons. The van der Waals surface area contributed by atoms with Crippen molar-refractivity contribution in [3.63, 3.8) is 0 Å². The lowest BCUT2D eigenvalue weighted by molar-refractivity contribution is 0.0692. The summed E-state index contributed by atoms with van der Waals surface area (Å²) in [4.78, 5) is 11.6. The number of methoxy groups -OCH3 is 1. The van der Waals surface area contributed by atoms with Crippen LogP contribution in [0.25, 0.3) is 0 Å². The third kappa shape index (κ3) is 4.81. The Morgan fingerprint density at radius 2 is 2.11 bits per heavy atom. The topological polar surface area (TPSA) is 47.6 Å². The molecule has 0 aliphatic rings. The van der Waals surface area contributed by atoms with Gasteiger partial charge in [0.25, 0.3) is 5.91 Å². The van der Waals surface area contributed by atoms with Gasteiger partial charge in [-0.05, 0) is 24.6 Å². The molecule has 0 aromatic heterocycles. The molecule has 0 atom stereocenters. The van der Waals surface area contributed by atoms with Crippen LogP contribution in [-0.2, 0) is 9.47 Å². The highest BCUT2D eigenvalue weighted by atomic mass is 19.1. The normalized spacial score (nSPS) is 10.4. The smallest absolute Gasteiger partial charge is 0.254 e. The summed E-state index contributed by atoms with van der Waals surface area (Å²) < 4.78 is 23.4. The van der Waals surface area contributed by atoms with Crippen molar-refractivity contribution in [2.45, 2.75) is 6.92 Å². The Hall–Kier alpha value is -1.46. The molecule has 0 saturated heterocycles. The van der Waals surface area contributed by atoms with E-state index >= 15 is 0 Å². The molecule has 18 heavy (non-hydrogen) atoms. The van der Waals surface area contributed by atoms with Gasteiger partial charge in [0.2, 0.25) is 0 Å². The van der Waals surface area contributed by atoms with Gasteiger partial charge in [-0.1, -0.05) is 6.07 Å². The molecule has 1 rings (SSSR count). The van der Waals surface area contributed by atoms with E-state index in [4.69, 9.17) is 9.47 Å². The predicted molar refractivity (Wildman–Crippen MR) is 66.2 cm³/mol. The summed E-state index contributed by atoms with van der Waals surface area (Å²) in [6.07, 6.45) is 0. The first kappa shape index (κ1) is 14.6. The lowest BCUT2D eigenvalue weighted by Gasteiger charge is -2.07. The minimum atomic E-state index is -0.507. The molecular formula is C13H18FNO3. The second-order valence-corrected chi connectivity index (χ2v) is 3.84. The van der Waals surface area contributed by atoms with Crippen molar-refractivity contribution in [2.24, 2.45) is 0 Å². The van der Waals surface area contributed by atoms with Crippen LogP contribution in [0.2, 0.25) is 0 Å². The fourth-order valence-corrected chi connectivity index (χ4v) is 1.38. The van der Waals surface area contributed by atoms with Gasteiger partial charge in [0.1, 0.15) is 5.82 Å². The Labute approximate surface area is 106 Å². The fourth-order valence-electron chi connectivity index (χ4n) is 1.38. The molecule has 0 saturated carbocycles. The number of hydrogen-bond acceptors (Lipinski definition) is 3. The number of amides is 1. The van der Waals surface area contributed by atoms with Crippen LogP contribution in [0.3, 0.4) is 0 Å². The second-order valence-electron chi connectivity index (χ2n) is 3.84. The first-order valence-electron chi connectivity index (χ1n) is 5.76. The number of carbonyl (C=O) groups is 1. The third-order valence-electron chi connectivity index (χ3n) is 2.33. The maximum absolute atomic E-state index is 13.5. The van der Waals surface area contributed by atoms with Crippen LogP contribution >= 0.6 is 0 Å². The number of carbonyl (C=O) groups excluding carboxylic acids is 1. The summed E-state index contributed by atoms with van der Waals surface area (Å²) >= 11 is 0. The Balaban J connectivity index is 2.32. The van der Waals surface area contributed by atoms with Gasteiger partial charge in [0.15, 0.2) is 0 Å². The van der Waals surface area contributed by atoms with Gasteiger partial charge in [0, 0.05) is 13.7 Å². The second kappa shape index (κ2) is 7.79. The largest absolute Gasteiger partial charge is 0.382 e. The van der Waals surface area contributed by atoms with Crippen LogP contribution < -0.4 is 5.32 Å². The summed E-state index contributed by atoms with van der Waals surface area (Å²) in [5.41, 5.74) is 0.837. The fraction of sp³-hybridized carbons (Fsp3) is 0.462. The number of halogens is 1. The molecule has 1 amide bonds. The van der Waals surface area contributed by atoms with Crippen LogP contribution in [0.1, 0.15) is 15.9 Å². The number of hydrogen-bond donors (Lipinski definition) is 1. The quantitative estimate of drug-likeness (QED) is 0.752. The van der Waals surface area contributed by atoms with Gasteiger partial charge in [-0.3, -0.25) is 4.79 Å². The van der Waals surface area contributed by atoms with Crippen LogP contribution in [0, 0.1) is 12.7 Å². The first-order valence-corrected chi connectivity index (χ1v) is 5.76. The minimum absolute atomic E-state index is 0.0532. The van der Waals surface area contributed by atoms with Crippen molar-refractivity contribution in [3.05, 3.63) is 35.1 Å². The summed E-state index contributed by atoms with van der Waals surface area (Å²) in [5.74, 6) is -0.935. The van der Waals surface area contributed by atoms with Crippen molar-refractivity contribution >= 4 is 5.91 Å². The zero-order valence-electron chi connectivity index (χ0n) is 10.7. The van der Waals surface area contributed by atoms with Gasteiger partial charge in [-0.25, -0.2) is 4.39 Å². The van der Waals surface area contributed by atoms with E-state index in [0.717, 1.165) is 5.56 Å². The molecule has 100 valence electrons. The zero-order chi connectivity index (χ0) is 13.4. The molecule has 1 aromatic carbocycles. The average molecular weight is 255 g/mol. The highest BCUT2D eigenvalue weighted by molar-refractivity contribution is 5.94. The molecule has 1 aromatic rings. The van der Waals surface area contributed by atoms with E-state index in [1.54, 1.807) is 20.1 Å². The number of nitrogens with one attached hydrogen (secondary N) is 1. The zero-order valence-corrected chi connectivity index (χ0v) is 10.7. The summed E-state index contributed by atoms with van der Waals surface area (Å²) in [7, 11) is 1.59. The van der Waals surface area contributed by atoms with Crippen molar-refractivity contribution in [3.8, 4) is 0 Å². The van der Waals surface area contributed by atoms with E-state index < -0.39 is 11.7 Å². The Kier molecular flexibility index (Phi) is 6.32. The van der Waals surface area contributed by atoms with Crippen LogP contribution in [0.4, 0.5) is 4.39 Å². The monoisotopic (exact) mass is 255 g/mol. The third-order valence-corrected chi connectivity index (χ3v) is 2.33. The molecule has 0 bridgehead atoms. The van der Waals surface area contributed by atoms with Gasteiger partial charge >= 0.3 is 0 Å². The van der Waals surface area contributed by atoms with Crippen molar-refractivity contribution in [1.29, 1.82) is 0 Å². The number of ether oxygens (including phenoxy) is 2. The maximum atomic E-state index is 13.5. The van der Waals surface area contributed by atoms with E-state index in [1.165, 1.54) is 12.1 Å². The molecule has 5 heteroatoms. The molecule has 0 aliphatic carbocycles. The Bertz CT molecular complexity index is 396. The van der Waals surface area contributed by atoms with Gasteiger partial charge in [-0.15, -0.1) is 0 Å². The van der Waals surface area contributed by atoms with Crippen molar-refractivity contribution in [2.75, 3.05) is 33.5 Å². The van der Waals surface area contributed by atoms with E-state index in [2.05, 4.69) is 5.32 Å². The lowest BCUT2D eigenvalue weighted by Crippen LogP contribution is -2.28. The molecule has 0 unspecified atom stereocenters. The molecule has 4 nitrogen and oxygen atoms in total. The summed E-state index contributed by atoms with van der Waals surface area (Å²) in [5, 5.41) is 2.59. The summed E-state index contributed by atoms with van der Waals surface area (Å²) in [6.45, 7) is 3.48. The maximum Gasteiger partial charge on any atom is 0.254 e. The summed E-state index contributed by atoms with van der Waals surface area (Å²) in [6, 6.07) is 4.52. The van der Waals surface area contributed by atoms with Crippen LogP contribution in [-0.4, -0.2) is 39.4 Å². The molecule has 1 N–H and O–H groups in total. The Morgan fingerprint density at radius 3 is 2.78 bits per heavy atom. The van der Waals surface area contributed by atoms with E-state index in [-0.39, 0.29) is 5.56 Å². The minimum Gasteiger partial charge on any atom is -0.382 e. The number of rotatable bonds is 7. The SMILES string of the molecule is COCCOCCNC(=O)c1ccc(C)cc1F. The Morgan fingerprint density at radius 1 is 1.33 bits per heavy atom. The first-order chi connectivity index (χ1) is 8.65. The molecular weight excluding hydrogens is 237 g/mol. The lowest BCUT2D eigenvalue weighted by atomic mass is 10.1. The molecule has 0 spiro atoms. The van der Waals surface area contributed by atoms with Crippen LogP contribution in [0.15, 0.2) is 18.2 Å². The van der Waals surface area contributed by atoms with Gasteiger partial charge in [-0.2, -0.15) is 0 Å². The average Bonchev–Trinajstić information content (AvgIpc) is 2.33. The number of benzene rings is 1.